The van der Waals surface area contributed by atoms with Gasteiger partial charge >= 0.3 is 0 Å². The third kappa shape index (κ3) is 7.60. The van der Waals surface area contributed by atoms with Crippen molar-refractivity contribution in [2.24, 2.45) is 5.73 Å². The van der Waals surface area contributed by atoms with Crippen molar-refractivity contribution in [2.45, 2.75) is 43.1 Å². The molecule has 228 valence electrons. The summed E-state index contributed by atoms with van der Waals surface area (Å²) in [7, 11) is -3.98. The maximum Gasteiger partial charge on any atom is 0.243 e. The average Bonchev–Trinajstić information content (AvgIpc) is 3.71. The zero-order chi connectivity index (χ0) is 31.1. The molecule has 2 heterocycles. The number of hydrogen-bond donors (Lipinski definition) is 4. The third-order valence-electron chi connectivity index (χ3n) is 7.63. The highest BCUT2D eigenvalue weighted by atomic mass is 32.2. The highest BCUT2D eigenvalue weighted by Crippen LogP contribution is 2.32. The van der Waals surface area contributed by atoms with Crippen LogP contribution >= 0.6 is 11.3 Å². The van der Waals surface area contributed by atoms with E-state index in [1.165, 1.54) is 16.2 Å². The van der Waals surface area contributed by atoms with Gasteiger partial charge in [-0.3, -0.25) is 15.0 Å². The molecule has 11 heteroatoms. The number of rotatable bonds is 12. The quantitative estimate of drug-likeness (QED) is 0.139. The number of thiophene rings is 1. The molecule has 0 saturated carbocycles. The molecule has 5 N–H and O–H groups in total. The van der Waals surface area contributed by atoms with Crippen molar-refractivity contribution < 1.29 is 18.0 Å². The monoisotopic (exact) mass is 629 g/mol. The molecule has 1 aliphatic rings. The summed E-state index contributed by atoms with van der Waals surface area (Å²) in [5.74, 6) is -1.73. The van der Waals surface area contributed by atoms with Crippen LogP contribution < -0.4 is 15.8 Å². The van der Waals surface area contributed by atoms with Gasteiger partial charge in [0.05, 0.1) is 17.2 Å². The summed E-state index contributed by atoms with van der Waals surface area (Å²) in [5, 5.41) is 10.5. The fraction of sp³-hybridized carbons (Fsp3) is 0.242. The number of carbonyl (C=O) groups excluding carboxylic acids is 2. The molecule has 4 aromatic rings. The molecule has 1 aromatic heterocycles. The molecule has 44 heavy (non-hydrogen) atoms. The molecule has 0 unspecified atom stereocenters. The number of sulfonamides is 1. The number of benzene rings is 3. The number of amides is 2. The molecule has 9 nitrogen and oxygen atoms in total. The second-order valence-corrected chi connectivity index (χ2v) is 13.6. The van der Waals surface area contributed by atoms with Crippen LogP contribution in [0.4, 0.5) is 0 Å². The summed E-state index contributed by atoms with van der Waals surface area (Å²) >= 11 is 1.32. The molecule has 2 atom stereocenters. The zero-order valence-electron chi connectivity index (χ0n) is 24.1. The topological polar surface area (TPSA) is 145 Å². The van der Waals surface area contributed by atoms with Crippen molar-refractivity contribution in [2.75, 3.05) is 6.54 Å². The summed E-state index contributed by atoms with van der Waals surface area (Å²) in [6, 6.07) is 29.1. The van der Waals surface area contributed by atoms with Gasteiger partial charge in [0, 0.05) is 17.3 Å². The number of nitrogen functional groups attached to an aromatic ring is 1. The summed E-state index contributed by atoms with van der Waals surface area (Å²) in [4.78, 5) is 30.9. The fourth-order valence-corrected chi connectivity index (χ4v) is 7.73. The number of carbonyl (C=O) groups is 2. The number of nitrogens with one attached hydrogen (secondary N) is 3. The van der Waals surface area contributed by atoms with E-state index in [1.807, 2.05) is 66.7 Å². The number of nitrogens with zero attached hydrogens (tertiary/aromatic N) is 1. The second kappa shape index (κ2) is 14.0. The average molecular weight is 630 g/mol. The van der Waals surface area contributed by atoms with E-state index in [4.69, 9.17) is 11.1 Å². The lowest BCUT2D eigenvalue weighted by Crippen LogP contribution is -2.55. The second-order valence-electron chi connectivity index (χ2n) is 10.7. The van der Waals surface area contributed by atoms with Gasteiger partial charge in [0.2, 0.25) is 21.8 Å². The normalized spacial score (nSPS) is 15.7. The Morgan fingerprint density at radius 3 is 2.07 bits per heavy atom. The minimum Gasteiger partial charge on any atom is -0.383 e. The molecule has 1 fully saturated rings. The van der Waals surface area contributed by atoms with Crippen LogP contribution in [-0.4, -0.2) is 49.6 Å². The highest BCUT2D eigenvalue weighted by molar-refractivity contribution is 7.88. The maximum atomic E-state index is 14.5. The van der Waals surface area contributed by atoms with Gasteiger partial charge in [-0.25, -0.2) is 13.1 Å². The van der Waals surface area contributed by atoms with E-state index in [0.29, 0.717) is 29.8 Å². The highest BCUT2D eigenvalue weighted by Gasteiger charge is 2.42. The standard InChI is InChI=1S/C33H35N5O4S2/c34-31(35)28-19-18-26(43-28)21-36-32(39)27-17-10-20-38(27)33(40)30(37-44(41,42)22-23-11-4-1-5-12-23)29(24-13-6-2-7-14-24)25-15-8-3-9-16-25/h1-9,11-16,18-19,27,29-30,37H,10,17,20-22H2,(H3,34,35)(H,36,39)/t27-,30+/m0/s1. The molecule has 1 saturated heterocycles. The SMILES string of the molecule is N=C(N)c1ccc(CNC(=O)[C@@H]2CCCN2C(=O)[C@H](NS(=O)(=O)Cc2ccccc2)C(c2ccccc2)c2ccccc2)s1. The van der Waals surface area contributed by atoms with E-state index in [1.54, 1.807) is 36.4 Å². The van der Waals surface area contributed by atoms with E-state index in [9.17, 15) is 18.0 Å². The molecule has 5 rings (SSSR count). The Bertz CT molecular complexity index is 1660. The summed E-state index contributed by atoms with van der Waals surface area (Å²) in [6.45, 7) is 0.566. The van der Waals surface area contributed by atoms with Crippen LogP contribution in [0.1, 0.15) is 45.2 Å². The van der Waals surface area contributed by atoms with E-state index in [-0.39, 0.29) is 24.0 Å². The van der Waals surface area contributed by atoms with Crippen molar-refractivity contribution in [3.8, 4) is 0 Å². The molecule has 1 aliphatic heterocycles. The van der Waals surface area contributed by atoms with E-state index >= 15 is 0 Å². The first kappa shape index (κ1) is 31.1. The molecule has 0 radical (unpaired) electrons. The maximum absolute atomic E-state index is 14.5. The number of nitrogens with two attached hydrogens (primary N) is 1. The molecule has 3 aromatic carbocycles. The van der Waals surface area contributed by atoms with Crippen LogP contribution in [0, 0.1) is 5.41 Å². The van der Waals surface area contributed by atoms with Gasteiger partial charge in [-0.1, -0.05) is 91.0 Å². The molecular weight excluding hydrogens is 595 g/mol. The molecule has 0 bridgehead atoms. The van der Waals surface area contributed by atoms with E-state index in [2.05, 4.69) is 10.0 Å². The fourth-order valence-electron chi connectivity index (χ4n) is 5.58. The van der Waals surface area contributed by atoms with E-state index in [0.717, 1.165) is 16.0 Å². The molecular formula is C33H35N5O4S2. The first-order valence-electron chi connectivity index (χ1n) is 14.4. The third-order valence-corrected chi connectivity index (χ3v) is 10.1. The lowest BCUT2D eigenvalue weighted by Gasteiger charge is -2.33. The van der Waals surface area contributed by atoms with Crippen molar-refractivity contribution in [1.29, 1.82) is 5.41 Å². The van der Waals surface area contributed by atoms with Crippen LogP contribution in [-0.2, 0) is 31.9 Å². The smallest absolute Gasteiger partial charge is 0.243 e. The lowest BCUT2D eigenvalue weighted by molar-refractivity contribution is -0.140. The van der Waals surface area contributed by atoms with Crippen LogP contribution in [0.3, 0.4) is 0 Å². The molecule has 2 amide bonds. The van der Waals surface area contributed by atoms with Crippen LogP contribution in [0.15, 0.2) is 103 Å². The van der Waals surface area contributed by atoms with Gasteiger partial charge in [-0.2, -0.15) is 0 Å². The number of hydrogen-bond acceptors (Lipinski definition) is 6. The Morgan fingerprint density at radius 1 is 0.909 bits per heavy atom. The summed E-state index contributed by atoms with van der Waals surface area (Å²) in [5.41, 5.74) is 7.72. The Balaban J connectivity index is 1.45. The van der Waals surface area contributed by atoms with Crippen LogP contribution in [0.5, 0.6) is 0 Å². The zero-order valence-corrected chi connectivity index (χ0v) is 25.7. The largest absolute Gasteiger partial charge is 0.383 e. The van der Waals surface area contributed by atoms with Gasteiger partial charge < -0.3 is 16.0 Å². The van der Waals surface area contributed by atoms with Gasteiger partial charge in [-0.15, -0.1) is 11.3 Å². The minimum atomic E-state index is -3.98. The number of amidine groups is 1. The minimum absolute atomic E-state index is 0.0349. The molecule has 0 spiro atoms. The lowest BCUT2D eigenvalue weighted by atomic mass is 9.84. The van der Waals surface area contributed by atoms with Crippen LogP contribution in [0.25, 0.3) is 0 Å². The predicted octanol–water partition coefficient (Wildman–Crippen LogP) is 3.96. The van der Waals surface area contributed by atoms with Crippen molar-refractivity contribution in [3.63, 3.8) is 0 Å². The first-order chi connectivity index (χ1) is 21.2. The Morgan fingerprint density at radius 2 is 1.50 bits per heavy atom. The van der Waals surface area contributed by atoms with Crippen molar-refractivity contribution >= 4 is 39.0 Å². The predicted molar refractivity (Wildman–Crippen MR) is 173 cm³/mol. The van der Waals surface area contributed by atoms with Gasteiger partial charge in [-0.05, 0) is 41.7 Å². The van der Waals surface area contributed by atoms with E-state index < -0.39 is 33.9 Å². The van der Waals surface area contributed by atoms with Crippen LogP contribution in [0.2, 0.25) is 0 Å². The number of likely N-dealkylation sites (tertiary alicyclic amines) is 1. The Hall–Kier alpha value is -4.32. The first-order valence-corrected chi connectivity index (χ1v) is 16.8. The van der Waals surface area contributed by atoms with Gasteiger partial charge in [0.15, 0.2) is 0 Å². The Kier molecular flexibility index (Phi) is 9.89. The van der Waals surface area contributed by atoms with Gasteiger partial charge in [0.1, 0.15) is 17.9 Å². The Labute approximate surface area is 261 Å². The van der Waals surface area contributed by atoms with Crippen molar-refractivity contribution in [3.05, 3.63) is 130 Å². The summed E-state index contributed by atoms with van der Waals surface area (Å²) in [6.07, 6.45) is 1.08. The van der Waals surface area contributed by atoms with Crippen molar-refractivity contribution in [1.82, 2.24) is 14.9 Å². The summed E-state index contributed by atoms with van der Waals surface area (Å²) < 4.78 is 30.0. The van der Waals surface area contributed by atoms with Gasteiger partial charge in [0.25, 0.3) is 0 Å². The molecule has 0 aliphatic carbocycles.